The maximum Gasteiger partial charge on any atom is 0.262 e. The molecule has 6 nitrogen and oxygen atoms in total. The average Bonchev–Trinajstić information content (AvgIpc) is 3.50. The van der Waals surface area contributed by atoms with E-state index in [4.69, 9.17) is 14.2 Å². The predicted molar refractivity (Wildman–Crippen MR) is 142 cm³/mol. The van der Waals surface area contributed by atoms with Gasteiger partial charge in [-0.1, -0.05) is 0 Å². The number of rotatable bonds is 8. The van der Waals surface area contributed by atoms with Gasteiger partial charge in [0.05, 0.1) is 6.10 Å². The normalized spacial score (nSPS) is 25.6. The van der Waals surface area contributed by atoms with Crippen LogP contribution in [0.5, 0.6) is 11.5 Å². The molecule has 3 saturated heterocycles. The second-order valence-corrected chi connectivity index (χ2v) is 10.7. The molecule has 3 atom stereocenters. The summed E-state index contributed by atoms with van der Waals surface area (Å²) in [4.78, 5) is 15.7. The Morgan fingerprint density at radius 2 is 1.89 bits per heavy atom. The number of pyridine rings is 1. The monoisotopic (exact) mass is 506 g/mol. The lowest BCUT2D eigenvalue weighted by atomic mass is 9.99. The fourth-order valence-corrected chi connectivity index (χ4v) is 6.36. The van der Waals surface area contributed by atoms with E-state index >= 15 is 0 Å². The third kappa shape index (κ3) is 4.99. The number of alkyl halides is 1. The van der Waals surface area contributed by atoms with Crippen molar-refractivity contribution in [1.82, 2.24) is 9.47 Å². The van der Waals surface area contributed by atoms with Gasteiger partial charge in [-0.25, -0.2) is 4.39 Å². The SMILES string of the molecule is Cc1cc(-n2ccc3cc(OC[C@H]4CCCO4)ccc3c2=O)ccc1OC1CC2CCC(C1)N2CCF. The molecule has 0 spiro atoms. The van der Waals surface area contributed by atoms with Gasteiger partial charge in [0.1, 0.15) is 30.9 Å². The third-order valence-electron chi connectivity index (χ3n) is 8.25. The van der Waals surface area contributed by atoms with Crippen LogP contribution < -0.4 is 15.0 Å². The van der Waals surface area contributed by atoms with Crippen LogP contribution in [-0.4, -0.2) is 60.2 Å². The quantitative estimate of drug-likeness (QED) is 0.420. The van der Waals surface area contributed by atoms with Gasteiger partial charge in [-0.05, 0) is 98.9 Å². The van der Waals surface area contributed by atoms with E-state index in [1.54, 1.807) is 4.57 Å². The van der Waals surface area contributed by atoms with Gasteiger partial charge >= 0.3 is 0 Å². The van der Waals surface area contributed by atoms with E-state index in [-0.39, 0.29) is 24.4 Å². The molecule has 3 aliphatic heterocycles. The Morgan fingerprint density at radius 1 is 1.05 bits per heavy atom. The van der Waals surface area contributed by atoms with Crippen molar-refractivity contribution in [2.75, 3.05) is 26.4 Å². The Kier molecular flexibility index (Phi) is 6.91. The molecule has 0 saturated carbocycles. The second-order valence-electron chi connectivity index (χ2n) is 10.7. The number of fused-ring (bicyclic) bond motifs is 3. The van der Waals surface area contributed by atoms with Crippen LogP contribution in [0.1, 0.15) is 44.1 Å². The number of piperidine rings is 1. The number of aryl methyl sites for hydroxylation is 1. The first-order valence-corrected chi connectivity index (χ1v) is 13.6. The summed E-state index contributed by atoms with van der Waals surface area (Å²) in [7, 11) is 0. The highest BCUT2D eigenvalue weighted by molar-refractivity contribution is 5.83. The number of aromatic nitrogens is 1. The Labute approximate surface area is 216 Å². The van der Waals surface area contributed by atoms with Gasteiger partial charge in [0, 0.05) is 42.5 Å². The van der Waals surface area contributed by atoms with Gasteiger partial charge in [-0.15, -0.1) is 0 Å². The first-order chi connectivity index (χ1) is 18.1. The molecule has 2 unspecified atom stereocenters. The molecule has 0 radical (unpaired) electrons. The summed E-state index contributed by atoms with van der Waals surface area (Å²) in [6.45, 7) is 3.63. The van der Waals surface area contributed by atoms with Gasteiger partial charge in [-0.2, -0.15) is 0 Å². The zero-order chi connectivity index (χ0) is 25.4. The van der Waals surface area contributed by atoms with Crippen molar-refractivity contribution in [1.29, 1.82) is 0 Å². The molecule has 37 heavy (non-hydrogen) atoms. The van der Waals surface area contributed by atoms with Gasteiger partial charge in [0.2, 0.25) is 0 Å². The molecule has 3 fully saturated rings. The van der Waals surface area contributed by atoms with Crippen LogP contribution in [0.4, 0.5) is 4.39 Å². The largest absolute Gasteiger partial charge is 0.491 e. The number of hydrogen-bond donors (Lipinski definition) is 0. The number of nitrogens with zero attached hydrogens (tertiary/aromatic N) is 2. The van der Waals surface area contributed by atoms with E-state index < -0.39 is 0 Å². The molecule has 1 aromatic heterocycles. The van der Waals surface area contributed by atoms with Crippen molar-refractivity contribution >= 4 is 10.8 Å². The fraction of sp³-hybridized carbons (Fsp3) is 0.500. The first-order valence-electron chi connectivity index (χ1n) is 13.6. The smallest absolute Gasteiger partial charge is 0.262 e. The summed E-state index contributed by atoms with van der Waals surface area (Å²) in [6, 6.07) is 14.4. The van der Waals surface area contributed by atoms with E-state index in [0.717, 1.165) is 73.3 Å². The molecule has 0 aliphatic carbocycles. The topological polar surface area (TPSA) is 52.9 Å². The van der Waals surface area contributed by atoms with Gasteiger partial charge < -0.3 is 14.2 Å². The Balaban J connectivity index is 1.16. The van der Waals surface area contributed by atoms with Crippen molar-refractivity contribution in [3.63, 3.8) is 0 Å². The third-order valence-corrected chi connectivity index (χ3v) is 8.25. The lowest BCUT2D eigenvalue weighted by molar-refractivity contribution is 0.0456. The molecule has 2 bridgehead atoms. The van der Waals surface area contributed by atoms with E-state index in [1.807, 2.05) is 55.6 Å². The molecule has 2 aromatic carbocycles. The van der Waals surface area contributed by atoms with Crippen LogP contribution in [0.25, 0.3) is 16.5 Å². The summed E-state index contributed by atoms with van der Waals surface area (Å²) in [5.74, 6) is 1.61. The highest BCUT2D eigenvalue weighted by atomic mass is 19.1. The summed E-state index contributed by atoms with van der Waals surface area (Å²) in [6.07, 6.45) is 8.40. The average molecular weight is 507 g/mol. The molecular formula is C30H35FN2O4. The molecule has 0 amide bonds. The standard InChI is InChI=1S/C30H35FN2O4/c1-20-15-22(6-9-29(20)37-27-17-23-4-5-24(18-27)32(23)13-11-31)33-12-10-21-16-25(7-8-28(21)30(33)34)36-19-26-3-2-14-35-26/h6-10,12,15-16,23-24,26-27H,2-5,11,13-14,17-19H2,1H3/t23?,24?,26-,27?/m1/s1. The molecule has 7 heteroatoms. The molecular weight excluding hydrogens is 471 g/mol. The minimum absolute atomic E-state index is 0.0620. The lowest BCUT2D eigenvalue weighted by Gasteiger charge is -2.38. The van der Waals surface area contributed by atoms with Crippen LogP contribution in [0.15, 0.2) is 53.5 Å². The summed E-state index contributed by atoms with van der Waals surface area (Å²) >= 11 is 0. The van der Waals surface area contributed by atoms with Crippen LogP contribution in [0.2, 0.25) is 0 Å². The predicted octanol–water partition coefficient (Wildman–Crippen LogP) is 5.20. The summed E-state index contributed by atoms with van der Waals surface area (Å²) in [5, 5.41) is 1.51. The highest BCUT2D eigenvalue weighted by Crippen LogP contribution is 2.37. The van der Waals surface area contributed by atoms with Crippen LogP contribution in [0.3, 0.4) is 0 Å². The summed E-state index contributed by atoms with van der Waals surface area (Å²) in [5.41, 5.74) is 1.75. The maximum absolute atomic E-state index is 13.3. The van der Waals surface area contributed by atoms with E-state index in [9.17, 15) is 9.18 Å². The van der Waals surface area contributed by atoms with Crippen LogP contribution in [-0.2, 0) is 4.74 Å². The number of benzene rings is 2. The zero-order valence-electron chi connectivity index (χ0n) is 21.4. The van der Waals surface area contributed by atoms with Crippen molar-refractivity contribution < 1.29 is 18.6 Å². The van der Waals surface area contributed by atoms with Gasteiger partial charge in [0.25, 0.3) is 5.56 Å². The maximum atomic E-state index is 13.3. The van der Waals surface area contributed by atoms with Crippen molar-refractivity contribution in [3.8, 4) is 17.2 Å². The Hall–Kier alpha value is -2.90. The Bertz CT molecular complexity index is 1300. The Morgan fingerprint density at radius 3 is 2.62 bits per heavy atom. The lowest BCUT2D eigenvalue weighted by Crippen LogP contribution is -2.47. The van der Waals surface area contributed by atoms with Crippen molar-refractivity contribution in [2.24, 2.45) is 0 Å². The number of halogens is 1. The summed E-state index contributed by atoms with van der Waals surface area (Å²) < 4.78 is 32.6. The molecule has 4 heterocycles. The molecule has 3 aromatic rings. The molecule has 0 N–H and O–H groups in total. The minimum atomic E-state index is -0.280. The minimum Gasteiger partial charge on any atom is -0.491 e. The van der Waals surface area contributed by atoms with E-state index in [1.165, 1.54) is 0 Å². The molecule has 3 aliphatic rings. The van der Waals surface area contributed by atoms with E-state index in [0.29, 0.717) is 30.6 Å². The van der Waals surface area contributed by atoms with E-state index in [2.05, 4.69) is 4.90 Å². The zero-order valence-corrected chi connectivity index (χ0v) is 21.4. The first kappa shape index (κ1) is 24.4. The van der Waals surface area contributed by atoms with Crippen molar-refractivity contribution in [2.45, 2.75) is 69.7 Å². The highest BCUT2D eigenvalue weighted by Gasteiger charge is 2.41. The van der Waals surface area contributed by atoms with Gasteiger partial charge in [-0.3, -0.25) is 14.3 Å². The van der Waals surface area contributed by atoms with Crippen LogP contribution in [0, 0.1) is 6.92 Å². The molecule has 6 rings (SSSR count). The fourth-order valence-electron chi connectivity index (χ4n) is 6.36. The number of hydrogen-bond acceptors (Lipinski definition) is 5. The van der Waals surface area contributed by atoms with Crippen molar-refractivity contribution in [3.05, 3.63) is 64.6 Å². The van der Waals surface area contributed by atoms with Gasteiger partial charge in [0.15, 0.2) is 0 Å². The van der Waals surface area contributed by atoms with Crippen LogP contribution >= 0.6 is 0 Å². The molecule has 196 valence electrons. The number of ether oxygens (including phenoxy) is 3. The second kappa shape index (κ2) is 10.5.